The van der Waals surface area contributed by atoms with Gasteiger partial charge in [0.25, 0.3) is 0 Å². The highest BCUT2D eigenvalue weighted by Gasteiger charge is 2.16. The highest BCUT2D eigenvalue weighted by molar-refractivity contribution is 6.42. The maximum Gasteiger partial charge on any atom is 0.0595 e. The van der Waals surface area contributed by atoms with Crippen LogP contribution in [0.3, 0.4) is 0 Å². The van der Waals surface area contributed by atoms with Crippen molar-refractivity contribution in [3.63, 3.8) is 0 Å². The zero-order valence-electron chi connectivity index (χ0n) is 11.4. The SMILES string of the molecule is NC(Cc1ccc(Cl)c(Cl)c1)CC1CCCCCC1. The van der Waals surface area contributed by atoms with Gasteiger partial charge in [0.2, 0.25) is 0 Å². The van der Waals surface area contributed by atoms with Crippen LogP contribution in [0.5, 0.6) is 0 Å². The van der Waals surface area contributed by atoms with Gasteiger partial charge in [-0.2, -0.15) is 0 Å². The molecule has 0 radical (unpaired) electrons. The van der Waals surface area contributed by atoms with Crippen molar-refractivity contribution < 1.29 is 0 Å². The minimum Gasteiger partial charge on any atom is -0.327 e. The molecule has 106 valence electrons. The van der Waals surface area contributed by atoms with E-state index in [1.807, 2.05) is 18.2 Å². The second-order valence-electron chi connectivity index (χ2n) is 5.81. The fraction of sp³-hybridized carbons (Fsp3) is 0.625. The Kier molecular flexibility index (Phi) is 6.00. The van der Waals surface area contributed by atoms with Crippen molar-refractivity contribution in [2.24, 2.45) is 11.7 Å². The molecule has 1 fully saturated rings. The molecule has 0 amide bonds. The number of nitrogens with two attached hydrogens (primary N) is 1. The van der Waals surface area contributed by atoms with Crippen molar-refractivity contribution in [1.82, 2.24) is 0 Å². The van der Waals surface area contributed by atoms with E-state index in [-0.39, 0.29) is 6.04 Å². The average Bonchev–Trinajstić information content (AvgIpc) is 2.62. The molecule has 2 rings (SSSR count). The lowest BCUT2D eigenvalue weighted by molar-refractivity contribution is 0.387. The Labute approximate surface area is 126 Å². The summed E-state index contributed by atoms with van der Waals surface area (Å²) in [6.45, 7) is 0. The monoisotopic (exact) mass is 299 g/mol. The van der Waals surface area contributed by atoms with E-state index < -0.39 is 0 Å². The quantitative estimate of drug-likeness (QED) is 0.758. The fourth-order valence-corrected chi connectivity index (χ4v) is 3.40. The predicted molar refractivity (Wildman–Crippen MR) is 84.0 cm³/mol. The largest absolute Gasteiger partial charge is 0.327 e. The summed E-state index contributed by atoms with van der Waals surface area (Å²) < 4.78 is 0. The molecular weight excluding hydrogens is 277 g/mol. The summed E-state index contributed by atoms with van der Waals surface area (Å²) in [5.41, 5.74) is 7.49. The molecule has 19 heavy (non-hydrogen) atoms. The van der Waals surface area contributed by atoms with E-state index in [9.17, 15) is 0 Å². The van der Waals surface area contributed by atoms with Crippen LogP contribution in [0.15, 0.2) is 18.2 Å². The first-order valence-electron chi connectivity index (χ1n) is 7.34. The van der Waals surface area contributed by atoms with Gasteiger partial charge >= 0.3 is 0 Å². The van der Waals surface area contributed by atoms with E-state index in [1.165, 1.54) is 44.1 Å². The highest BCUT2D eigenvalue weighted by atomic mass is 35.5. The van der Waals surface area contributed by atoms with Crippen LogP contribution in [-0.4, -0.2) is 6.04 Å². The van der Waals surface area contributed by atoms with Gasteiger partial charge in [-0.25, -0.2) is 0 Å². The van der Waals surface area contributed by atoms with Gasteiger partial charge in [-0.3, -0.25) is 0 Å². The standard InChI is InChI=1S/C16H23Cl2N/c17-15-8-7-13(11-16(15)18)10-14(19)9-12-5-3-1-2-4-6-12/h7-8,11-12,14H,1-6,9-10,19H2. The molecule has 0 aromatic heterocycles. The number of halogens is 2. The van der Waals surface area contributed by atoms with Gasteiger partial charge in [0.05, 0.1) is 10.0 Å². The Hall–Kier alpha value is -0.240. The van der Waals surface area contributed by atoms with Crippen molar-refractivity contribution in [3.8, 4) is 0 Å². The van der Waals surface area contributed by atoms with Gasteiger partial charge in [0.15, 0.2) is 0 Å². The molecule has 1 aromatic carbocycles. The molecule has 1 unspecified atom stereocenters. The summed E-state index contributed by atoms with van der Waals surface area (Å²) in [6.07, 6.45) is 10.3. The lowest BCUT2D eigenvalue weighted by Crippen LogP contribution is -2.26. The van der Waals surface area contributed by atoms with E-state index in [0.29, 0.717) is 10.0 Å². The maximum absolute atomic E-state index is 6.30. The first-order chi connectivity index (χ1) is 9.15. The van der Waals surface area contributed by atoms with Gasteiger partial charge in [-0.05, 0) is 36.5 Å². The van der Waals surface area contributed by atoms with Gasteiger partial charge < -0.3 is 5.73 Å². The molecule has 1 aliphatic carbocycles. The summed E-state index contributed by atoms with van der Waals surface area (Å²) >= 11 is 12.0. The van der Waals surface area contributed by atoms with Crippen LogP contribution in [0, 0.1) is 5.92 Å². The number of benzene rings is 1. The van der Waals surface area contributed by atoms with Crippen LogP contribution in [0.4, 0.5) is 0 Å². The Morgan fingerprint density at radius 2 is 1.74 bits per heavy atom. The Bertz CT molecular complexity index is 398. The van der Waals surface area contributed by atoms with Gasteiger partial charge in [0.1, 0.15) is 0 Å². The smallest absolute Gasteiger partial charge is 0.0595 e. The van der Waals surface area contributed by atoms with Crippen LogP contribution >= 0.6 is 23.2 Å². The van der Waals surface area contributed by atoms with Gasteiger partial charge in [-0.15, -0.1) is 0 Å². The van der Waals surface area contributed by atoms with Crippen LogP contribution in [-0.2, 0) is 6.42 Å². The third-order valence-electron chi connectivity index (χ3n) is 4.09. The molecule has 1 aliphatic rings. The predicted octanol–water partition coefficient (Wildman–Crippen LogP) is 5.22. The third kappa shape index (κ3) is 4.98. The van der Waals surface area contributed by atoms with Crippen LogP contribution < -0.4 is 5.73 Å². The highest BCUT2D eigenvalue weighted by Crippen LogP contribution is 2.27. The topological polar surface area (TPSA) is 26.0 Å². The third-order valence-corrected chi connectivity index (χ3v) is 4.83. The molecular formula is C16H23Cl2N. The molecule has 0 spiro atoms. The van der Waals surface area contributed by atoms with E-state index in [1.54, 1.807) is 0 Å². The van der Waals surface area contributed by atoms with Crippen LogP contribution in [0.25, 0.3) is 0 Å². The zero-order chi connectivity index (χ0) is 13.7. The molecule has 0 aliphatic heterocycles. The Morgan fingerprint density at radius 1 is 1.05 bits per heavy atom. The second kappa shape index (κ2) is 7.52. The molecule has 1 aromatic rings. The summed E-state index contributed by atoms with van der Waals surface area (Å²) in [5.74, 6) is 0.820. The Balaban J connectivity index is 1.85. The molecule has 0 saturated heterocycles. The average molecular weight is 300 g/mol. The van der Waals surface area contributed by atoms with E-state index in [2.05, 4.69) is 0 Å². The van der Waals surface area contributed by atoms with Crippen LogP contribution in [0.2, 0.25) is 10.0 Å². The minimum atomic E-state index is 0.236. The number of hydrogen-bond acceptors (Lipinski definition) is 1. The van der Waals surface area contributed by atoms with Crippen molar-refractivity contribution >= 4 is 23.2 Å². The van der Waals surface area contributed by atoms with E-state index in [4.69, 9.17) is 28.9 Å². The van der Waals surface area contributed by atoms with Crippen LogP contribution in [0.1, 0.15) is 50.5 Å². The fourth-order valence-electron chi connectivity index (χ4n) is 3.08. The Morgan fingerprint density at radius 3 is 2.37 bits per heavy atom. The number of hydrogen-bond donors (Lipinski definition) is 1. The first kappa shape index (κ1) is 15.2. The summed E-state index contributed by atoms with van der Waals surface area (Å²) in [5, 5.41) is 1.24. The summed E-state index contributed by atoms with van der Waals surface area (Å²) in [4.78, 5) is 0. The molecule has 0 bridgehead atoms. The van der Waals surface area contributed by atoms with Crippen molar-refractivity contribution in [3.05, 3.63) is 33.8 Å². The van der Waals surface area contributed by atoms with E-state index >= 15 is 0 Å². The molecule has 3 heteroatoms. The zero-order valence-corrected chi connectivity index (χ0v) is 12.9. The molecule has 1 atom stereocenters. The summed E-state index contributed by atoms with van der Waals surface area (Å²) in [7, 11) is 0. The molecule has 1 saturated carbocycles. The number of rotatable bonds is 4. The normalized spacial score (nSPS) is 19.1. The van der Waals surface area contributed by atoms with Gasteiger partial charge in [0, 0.05) is 6.04 Å². The first-order valence-corrected chi connectivity index (χ1v) is 8.10. The summed E-state index contributed by atoms with van der Waals surface area (Å²) in [6, 6.07) is 6.07. The maximum atomic E-state index is 6.30. The van der Waals surface area contributed by atoms with Gasteiger partial charge in [-0.1, -0.05) is 67.8 Å². The molecule has 2 N–H and O–H groups in total. The molecule has 0 heterocycles. The molecule has 1 nitrogen and oxygen atoms in total. The van der Waals surface area contributed by atoms with Crippen molar-refractivity contribution in [2.75, 3.05) is 0 Å². The van der Waals surface area contributed by atoms with Crippen molar-refractivity contribution in [1.29, 1.82) is 0 Å². The minimum absolute atomic E-state index is 0.236. The lowest BCUT2D eigenvalue weighted by atomic mass is 9.90. The second-order valence-corrected chi connectivity index (χ2v) is 6.62. The van der Waals surface area contributed by atoms with Crippen molar-refractivity contribution in [2.45, 2.75) is 57.4 Å². The van der Waals surface area contributed by atoms with E-state index in [0.717, 1.165) is 18.8 Å². The lowest BCUT2D eigenvalue weighted by Gasteiger charge is -2.19.